The van der Waals surface area contributed by atoms with Crippen LogP contribution < -0.4 is 23.8 Å². The summed E-state index contributed by atoms with van der Waals surface area (Å²) in [6.45, 7) is 1.35. The summed E-state index contributed by atoms with van der Waals surface area (Å²) in [6, 6.07) is 15.7. The zero-order valence-corrected chi connectivity index (χ0v) is 21.0. The van der Waals surface area contributed by atoms with Crippen molar-refractivity contribution in [2.75, 3.05) is 37.5 Å². The summed E-state index contributed by atoms with van der Waals surface area (Å²) in [7, 11) is 0.985. The highest BCUT2D eigenvalue weighted by molar-refractivity contribution is 7.92. The first-order valence-electron chi connectivity index (χ1n) is 11.3. The fraction of sp³-hybridized carbons (Fsp3) is 0.231. The van der Waals surface area contributed by atoms with Crippen molar-refractivity contribution in [3.8, 4) is 17.2 Å². The molecule has 1 aromatic heterocycles. The fourth-order valence-electron chi connectivity index (χ4n) is 4.39. The van der Waals surface area contributed by atoms with E-state index in [0.29, 0.717) is 29.5 Å². The second-order valence-electron chi connectivity index (χ2n) is 8.36. The summed E-state index contributed by atoms with van der Waals surface area (Å²) in [6.07, 6.45) is 2.35. The third-order valence-corrected chi connectivity index (χ3v) is 7.66. The van der Waals surface area contributed by atoms with Crippen LogP contribution in [-0.4, -0.2) is 46.3 Å². The molecule has 0 saturated carbocycles. The Bertz CT molecular complexity index is 1520. The number of fused-ring (bicyclic) bond motifs is 2. The Morgan fingerprint density at radius 3 is 2.33 bits per heavy atom. The van der Waals surface area contributed by atoms with Gasteiger partial charge in [-0.3, -0.25) is 4.72 Å². The molecule has 0 aliphatic carbocycles. The average molecular weight is 507 g/mol. The molecule has 4 aromatic rings. The van der Waals surface area contributed by atoms with Gasteiger partial charge in [0.25, 0.3) is 10.0 Å². The van der Waals surface area contributed by atoms with E-state index in [2.05, 4.69) is 19.6 Å². The van der Waals surface area contributed by atoms with E-state index in [0.717, 1.165) is 35.2 Å². The van der Waals surface area contributed by atoms with Crippen molar-refractivity contribution >= 4 is 32.4 Å². The van der Waals surface area contributed by atoms with Crippen LogP contribution in [0.3, 0.4) is 0 Å². The number of hydrogen-bond acceptors (Lipinski definition) is 8. The molecule has 0 saturated heterocycles. The topological polar surface area (TPSA) is 103 Å². The highest BCUT2D eigenvalue weighted by Gasteiger charge is 2.22. The number of aromatic nitrogens is 2. The van der Waals surface area contributed by atoms with Crippen molar-refractivity contribution < 1.29 is 22.6 Å². The van der Waals surface area contributed by atoms with Gasteiger partial charge in [0.2, 0.25) is 0 Å². The van der Waals surface area contributed by atoms with Crippen LogP contribution in [0, 0.1) is 0 Å². The third-order valence-electron chi connectivity index (χ3n) is 6.26. The number of rotatable bonds is 7. The summed E-state index contributed by atoms with van der Waals surface area (Å²) in [5, 5.41) is 0.856. The molecule has 5 rings (SSSR count). The quantitative estimate of drug-likeness (QED) is 0.401. The van der Waals surface area contributed by atoms with Crippen LogP contribution in [0.15, 0.2) is 65.8 Å². The molecule has 0 atom stereocenters. The Hall–Kier alpha value is -4.05. The standard InChI is InChI=1S/C26H26N4O5S/c1-33-20-6-8-21(9-7-20)36(31,32)29-19-5-4-17-10-11-30(15-18(17)12-19)26-22-13-24(34-2)25(35-3)14-23(22)27-16-28-26/h4-9,12-14,16,29H,10-11,15H2,1-3H3. The van der Waals surface area contributed by atoms with E-state index in [1.807, 2.05) is 24.3 Å². The van der Waals surface area contributed by atoms with E-state index in [-0.39, 0.29) is 4.90 Å². The van der Waals surface area contributed by atoms with E-state index in [9.17, 15) is 8.42 Å². The molecular formula is C26H26N4O5S. The van der Waals surface area contributed by atoms with Crippen LogP contribution in [0.4, 0.5) is 11.5 Å². The van der Waals surface area contributed by atoms with Crippen molar-refractivity contribution in [3.63, 3.8) is 0 Å². The maximum atomic E-state index is 12.9. The molecule has 1 N–H and O–H groups in total. The summed E-state index contributed by atoms with van der Waals surface area (Å²) in [4.78, 5) is 11.3. The van der Waals surface area contributed by atoms with Gasteiger partial charge in [-0.25, -0.2) is 18.4 Å². The third kappa shape index (κ3) is 4.47. The fourth-order valence-corrected chi connectivity index (χ4v) is 5.44. The molecule has 0 fully saturated rings. The first-order chi connectivity index (χ1) is 17.4. The Labute approximate surface area is 209 Å². The van der Waals surface area contributed by atoms with Crippen molar-refractivity contribution in [2.45, 2.75) is 17.9 Å². The van der Waals surface area contributed by atoms with Gasteiger partial charge in [0, 0.05) is 30.2 Å². The van der Waals surface area contributed by atoms with Gasteiger partial charge in [-0.2, -0.15) is 0 Å². The predicted octanol–water partition coefficient (Wildman–Crippen LogP) is 4.02. The highest BCUT2D eigenvalue weighted by atomic mass is 32.2. The van der Waals surface area contributed by atoms with Gasteiger partial charge in [-0.05, 0) is 60.0 Å². The lowest BCUT2D eigenvalue weighted by Gasteiger charge is -2.31. The van der Waals surface area contributed by atoms with Gasteiger partial charge in [0.05, 0.1) is 31.7 Å². The first kappa shape index (κ1) is 23.7. The smallest absolute Gasteiger partial charge is 0.261 e. The minimum absolute atomic E-state index is 0.166. The van der Waals surface area contributed by atoms with Crippen molar-refractivity contribution in [2.24, 2.45) is 0 Å². The number of anilines is 2. The Balaban J connectivity index is 1.43. The zero-order valence-electron chi connectivity index (χ0n) is 20.2. The minimum atomic E-state index is -3.74. The second-order valence-corrected chi connectivity index (χ2v) is 10.0. The van der Waals surface area contributed by atoms with Gasteiger partial charge in [-0.15, -0.1) is 0 Å². The molecule has 0 spiro atoms. The molecule has 3 aromatic carbocycles. The van der Waals surface area contributed by atoms with Gasteiger partial charge >= 0.3 is 0 Å². The molecule has 1 aliphatic heterocycles. The highest BCUT2D eigenvalue weighted by Crippen LogP contribution is 2.36. The van der Waals surface area contributed by atoms with Gasteiger partial charge < -0.3 is 19.1 Å². The van der Waals surface area contributed by atoms with Crippen LogP contribution in [0.25, 0.3) is 10.9 Å². The van der Waals surface area contributed by atoms with Gasteiger partial charge in [-0.1, -0.05) is 6.07 Å². The van der Waals surface area contributed by atoms with E-state index in [1.165, 1.54) is 24.8 Å². The second kappa shape index (κ2) is 9.54. The monoisotopic (exact) mass is 506 g/mol. The van der Waals surface area contributed by atoms with E-state index < -0.39 is 10.0 Å². The maximum Gasteiger partial charge on any atom is 0.261 e. The Kier molecular flexibility index (Phi) is 6.27. The molecule has 2 heterocycles. The number of nitrogens with zero attached hydrogens (tertiary/aromatic N) is 3. The van der Waals surface area contributed by atoms with Crippen LogP contribution in [0.2, 0.25) is 0 Å². The van der Waals surface area contributed by atoms with Crippen LogP contribution in [0.1, 0.15) is 11.1 Å². The lowest BCUT2D eigenvalue weighted by molar-refractivity contribution is 0.356. The Morgan fingerprint density at radius 2 is 1.61 bits per heavy atom. The lowest BCUT2D eigenvalue weighted by atomic mass is 9.99. The van der Waals surface area contributed by atoms with Crippen LogP contribution >= 0.6 is 0 Å². The number of benzene rings is 3. The van der Waals surface area contributed by atoms with Crippen molar-refractivity contribution in [3.05, 3.63) is 72.1 Å². The van der Waals surface area contributed by atoms with Crippen LogP contribution in [-0.2, 0) is 23.0 Å². The number of nitrogens with one attached hydrogen (secondary N) is 1. The number of methoxy groups -OCH3 is 3. The zero-order chi connectivity index (χ0) is 25.3. The van der Waals surface area contributed by atoms with E-state index >= 15 is 0 Å². The van der Waals surface area contributed by atoms with Gasteiger partial charge in [0.15, 0.2) is 11.5 Å². The number of ether oxygens (including phenoxy) is 3. The molecule has 1 aliphatic rings. The summed E-state index contributed by atoms with van der Waals surface area (Å²) in [5.74, 6) is 2.59. The number of sulfonamides is 1. The summed E-state index contributed by atoms with van der Waals surface area (Å²) in [5.41, 5.74) is 3.47. The SMILES string of the molecule is COc1ccc(S(=O)(=O)Nc2ccc3c(c2)CN(c2ncnc4cc(OC)c(OC)cc24)CC3)cc1. The first-order valence-corrected chi connectivity index (χ1v) is 12.8. The molecule has 186 valence electrons. The van der Waals surface area contributed by atoms with Crippen LogP contribution in [0.5, 0.6) is 17.2 Å². The lowest BCUT2D eigenvalue weighted by Crippen LogP contribution is -2.31. The molecule has 0 unspecified atom stereocenters. The molecular weight excluding hydrogens is 480 g/mol. The predicted molar refractivity (Wildman–Crippen MR) is 138 cm³/mol. The number of hydrogen-bond donors (Lipinski definition) is 1. The Morgan fingerprint density at radius 1 is 0.861 bits per heavy atom. The molecule has 36 heavy (non-hydrogen) atoms. The molecule has 0 radical (unpaired) electrons. The van der Waals surface area contributed by atoms with Gasteiger partial charge in [0.1, 0.15) is 17.9 Å². The largest absolute Gasteiger partial charge is 0.497 e. The normalized spacial score (nSPS) is 13.2. The molecule has 9 nitrogen and oxygen atoms in total. The summed E-state index contributed by atoms with van der Waals surface area (Å²) < 4.78 is 44.5. The molecule has 10 heteroatoms. The minimum Gasteiger partial charge on any atom is -0.497 e. The van der Waals surface area contributed by atoms with E-state index in [1.54, 1.807) is 38.7 Å². The summed E-state index contributed by atoms with van der Waals surface area (Å²) >= 11 is 0. The van der Waals surface area contributed by atoms with Crippen molar-refractivity contribution in [1.82, 2.24) is 9.97 Å². The van der Waals surface area contributed by atoms with Crippen molar-refractivity contribution in [1.29, 1.82) is 0 Å². The molecule has 0 bridgehead atoms. The maximum absolute atomic E-state index is 12.9. The van der Waals surface area contributed by atoms with E-state index in [4.69, 9.17) is 14.2 Å². The molecule has 0 amide bonds. The average Bonchev–Trinajstić information content (AvgIpc) is 2.91.